The van der Waals surface area contributed by atoms with Crippen LogP contribution >= 0.6 is 11.6 Å². The Morgan fingerprint density at radius 2 is 1.92 bits per heavy atom. The van der Waals surface area contributed by atoms with Crippen molar-refractivity contribution in [2.24, 2.45) is 0 Å². The monoisotopic (exact) mass is 382 g/mol. The number of nitrogens with zero attached hydrogens (tertiary/aromatic N) is 1. The van der Waals surface area contributed by atoms with Crippen molar-refractivity contribution in [3.63, 3.8) is 0 Å². The number of benzene rings is 1. The third-order valence-electron chi connectivity index (χ3n) is 2.94. The number of carboxylic acid groups (broad SMARTS) is 1. The molecule has 1 aromatic carbocycles. The van der Waals surface area contributed by atoms with E-state index in [-0.39, 0.29) is 0 Å². The quantitative estimate of drug-likeness (QED) is 0.616. The van der Waals surface area contributed by atoms with E-state index in [2.05, 4.69) is 16.8 Å². The van der Waals surface area contributed by atoms with Crippen LogP contribution in [0, 0.1) is 0 Å². The van der Waals surface area contributed by atoms with E-state index in [9.17, 15) is 22.4 Å². The molecule has 2 rings (SSSR count). The van der Waals surface area contributed by atoms with Gasteiger partial charge in [0.25, 0.3) is 11.5 Å². The van der Waals surface area contributed by atoms with Crippen molar-refractivity contribution in [3.05, 3.63) is 30.5 Å². The van der Waals surface area contributed by atoms with E-state index in [1.807, 2.05) is 18.3 Å². The van der Waals surface area contributed by atoms with Crippen LogP contribution in [-0.4, -0.2) is 33.4 Å². The molecule has 0 aliphatic carbocycles. The van der Waals surface area contributed by atoms with Gasteiger partial charge in [-0.1, -0.05) is 18.5 Å². The highest BCUT2D eigenvalue weighted by molar-refractivity contribution is 6.31. The lowest BCUT2D eigenvalue weighted by Gasteiger charge is -2.06. The molecular weight excluding hydrogens is 368 g/mol. The van der Waals surface area contributed by atoms with E-state index >= 15 is 0 Å². The number of aromatic nitrogens is 1. The zero-order chi connectivity index (χ0) is 19.2. The molecule has 1 atom stereocenters. The average Bonchev–Trinajstić information content (AvgIpc) is 2.89. The van der Waals surface area contributed by atoms with Crippen molar-refractivity contribution in [2.45, 2.75) is 31.7 Å². The molecule has 25 heavy (non-hydrogen) atoms. The molecule has 5 nitrogen and oxygen atoms in total. The first kappa shape index (κ1) is 20.8. The summed E-state index contributed by atoms with van der Waals surface area (Å²) in [7, 11) is 0. The van der Waals surface area contributed by atoms with Gasteiger partial charge < -0.3 is 15.0 Å². The van der Waals surface area contributed by atoms with E-state index in [1.54, 1.807) is 12.1 Å². The molecule has 1 unspecified atom stereocenters. The van der Waals surface area contributed by atoms with Gasteiger partial charge in [-0.3, -0.25) is 4.79 Å². The lowest BCUT2D eigenvalue weighted by Crippen LogP contribution is -2.21. The second-order valence-corrected chi connectivity index (χ2v) is 5.26. The highest BCUT2D eigenvalue weighted by Crippen LogP contribution is 2.21. The van der Waals surface area contributed by atoms with Gasteiger partial charge in [0.15, 0.2) is 0 Å². The second-order valence-electron chi connectivity index (χ2n) is 4.88. The number of aliphatic carboxylic acids is 1. The lowest BCUT2D eigenvalue weighted by atomic mass is 10.2. The summed E-state index contributed by atoms with van der Waals surface area (Å²) in [6, 6.07) is 7.42. The highest BCUT2D eigenvalue weighted by atomic mass is 35.5. The largest absolute Gasteiger partial charge is 0.490 e. The van der Waals surface area contributed by atoms with Crippen LogP contribution in [0.4, 0.5) is 23.2 Å². The highest BCUT2D eigenvalue weighted by Gasteiger charge is 2.38. The van der Waals surface area contributed by atoms with Crippen LogP contribution in [0.25, 0.3) is 10.9 Å². The SMILES string of the molecule is CCCn1ccc2cc(NC(=O)C(F)Cl)ccc21.O=C(O)C(F)(F)F. The Kier molecular flexibility index (Phi) is 7.22. The minimum Gasteiger partial charge on any atom is -0.475 e. The molecule has 0 spiro atoms. The van der Waals surface area contributed by atoms with E-state index in [0.29, 0.717) is 5.69 Å². The van der Waals surface area contributed by atoms with Gasteiger partial charge in [-0.2, -0.15) is 13.2 Å². The standard InChI is InChI=1S/C13H14ClFN2O.C2HF3O2/c1-2-6-17-7-5-9-8-10(3-4-11(9)17)16-13(18)12(14)15;3-2(4,5)1(6)7/h3-5,7-8,12H,2,6H2,1H3,(H,16,18);(H,6,7). The number of alkyl halides is 5. The van der Waals surface area contributed by atoms with Gasteiger partial charge in [-0.15, -0.1) is 0 Å². The van der Waals surface area contributed by atoms with Crippen LogP contribution < -0.4 is 5.32 Å². The number of halogens is 5. The van der Waals surface area contributed by atoms with Crippen molar-refractivity contribution in [2.75, 3.05) is 5.32 Å². The normalized spacial score (nSPS) is 12.2. The fourth-order valence-corrected chi connectivity index (χ4v) is 1.97. The van der Waals surface area contributed by atoms with Gasteiger partial charge in [0, 0.05) is 29.3 Å². The Morgan fingerprint density at radius 1 is 1.32 bits per heavy atom. The molecule has 0 radical (unpaired) electrons. The summed E-state index contributed by atoms with van der Waals surface area (Å²) in [4.78, 5) is 20.0. The minimum atomic E-state index is -5.08. The van der Waals surface area contributed by atoms with Crippen LogP contribution in [0.3, 0.4) is 0 Å². The third kappa shape index (κ3) is 6.26. The Hall–Kier alpha value is -2.29. The van der Waals surface area contributed by atoms with Crippen molar-refractivity contribution in [3.8, 4) is 0 Å². The van der Waals surface area contributed by atoms with Crippen molar-refractivity contribution < 1.29 is 32.3 Å². The van der Waals surface area contributed by atoms with Gasteiger partial charge >= 0.3 is 12.1 Å². The summed E-state index contributed by atoms with van der Waals surface area (Å²) in [5.74, 6) is -3.60. The van der Waals surface area contributed by atoms with Crippen molar-refractivity contribution in [1.82, 2.24) is 4.57 Å². The number of nitrogens with one attached hydrogen (secondary N) is 1. The second kappa shape index (κ2) is 8.70. The molecule has 0 saturated carbocycles. The van der Waals surface area contributed by atoms with Crippen LogP contribution in [0.1, 0.15) is 13.3 Å². The van der Waals surface area contributed by atoms with Crippen LogP contribution in [0.15, 0.2) is 30.5 Å². The van der Waals surface area contributed by atoms with Crippen LogP contribution in [-0.2, 0) is 16.1 Å². The minimum absolute atomic E-state index is 0.546. The predicted molar refractivity (Wildman–Crippen MR) is 85.3 cm³/mol. The molecule has 0 aliphatic heterocycles. The number of fused-ring (bicyclic) bond motifs is 1. The Labute approximate surface area is 145 Å². The van der Waals surface area contributed by atoms with E-state index in [4.69, 9.17) is 21.5 Å². The first-order chi connectivity index (χ1) is 11.6. The summed E-state index contributed by atoms with van der Waals surface area (Å²) in [5, 5.41) is 10.6. The fourth-order valence-electron chi connectivity index (χ4n) is 1.91. The number of carboxylic acids is 1. The number of amides is 1. The van der Waals surface area contributed by atoms with Crippen LogP contribution in [0.2, 0.25) is 0 Å². The van der Waals surface area contributed by atoms with Crippen molar-refractivity contribution >= 4 is 40.1 Å². The van der Waals surface area contributed by atoms with Gasteiger partial charge in [0.2, 0.25) is 0 Å². The summed E-state index contributed by atoms with van der Waals surface area (Å²) < 4.78 is 46.4. The van der Waals surface area contributed by atoms with Crippen molar-refractivity contribution in [1.29, 1.82) is 0 Å². The third-order valence-corrected chi connectivity index (χ3v) is 3.14. The number of anilines is 1. The molecule has 138 valence electrons. The predicted octanol–water partition coefficient (Wildman–Crippen LogP) is 4.16. The molecule has 1 amide bonds. The van der Waals surface area contributed by atoms with E-state index in [0.717, 1.165) is 23.9 Å². The molecule has 0 bridgehead atoms. The number of carbonyl (C=O) groups excluding carboxylic acids is 1. The zero-order valence-corrected chi connectivity index (χ0v) is 13.7. The average molecular weight is 383 g/mol. The zero-order valence-electron chi connectivity index (χ0n) is 13.0. The molecular formula is C15H15ClF4N2O3. The Bertz CT molecular complexity index is 744. The molecule has 1 aromatic heterocycles. The summed E-state index contributed by atoms with van der Waals surface area (Å²) in [6.45, 7) is 3.06. The summed E-state index contributed by atoms with van der Waals surface area (Å²) in [5.41, 5.74) is -0.382. The lowest BCUT2D eigenvalue weighted by molar-refractivity contribution is -0.192. The molecule has 0 saturated heterocycles. The maximum Gasteiger partial charge on any atom is 0.490 e. The number of rotatable bonds is 4. The Balaban J connectivity index is 0.000000381. The number of carbonyl (C=O) groups is 2. The number of hydrogen-bond donors (Lipinski definition) is 2. The maximum absolute atomic E-state index is 12.5. The Morgan fingerprint density at radius 3 is 2.40 bits per heavy atom. The van der Waals surface area contributed by atoms with E-state index < -0.39 is 23.7 Å². The first-order valence-corrected chi connectivity index (χ1v) is 7.48. The fraction of sp³-hybridized carbons (Fsp3) is 0.333. The molecule has 0 aliphatic rings. The molecule has 2 N–H and O–H groups in total. The van der Waals surface area contributed by atoms with Gasteiger partial charge in [0.1, 0.15) is 0 Å². The maximum atomic E-state index is 12.5. The molecule has 1 heterocycles. The van der Waals surface area contributed by atoms with Gasteiger partial charge in [-0.25, -0.2) is 9.18 Å². The smallest absolute Gasteiger partial charge is 0.475 e. The molecule has 2 aromatic rings. The first-order valence-electron chi connectivity index (χ1n) is 7.04. The van der Waals surface area contributed by atoms with Crippen LogP contribution in [0.5, 0.6) is 0 Å². The van der Waals surface area contributed by atoms with Gasteiger partial charge in [-0.05, 0) is 30.7 Å². The van der Waals surface area contributed by atoms with Gasteiger partial charge in [0.05, 0.1) is 0 Å². The molecule has 0 fully saturated rings. The number of hydrogen-bond acceptors (Lipinski definition) is 2. The molecule has 10 heteroatoms. The summed E-state index contributed by atoms with van der Waals surface area (Å²) >= 11 is 5.06. The number of aryl methyl sites for hydroxylation is 1. The summed E-state index contributed by atoms with van der Waals surface area (Å²) in [6.07, 6.45) is -2.03. The topological polar surface area (TPSA) is 71.3 Å². The van der Waals surface area contributed by atoms with E-state index in [1.165, 1.54) is 0 Å².